The van der Waals surface area contributed by atoms with Crippen LogP contribution in [0.4, 0.5) is 8.78 Å². The zero-order valence-electron chi connectivity index (χ0n) is 13.2. The maximum absolute atomic E-state index is 12.6. The quantitative estimate of drug-likeness (QED) is 0.141. The Bertz CT molecular complexity index is 783. The van der Waals surface area contributed by atoms with E-state index >= 15 is 0 Å². The molecule has 0 unspecified atom stereocenters. The molecule has 0 aliphatic carbocycles. The summed E-state index contributed by atoms with van der Waals surface area (Å²) in [5, 5.41) is 3.90. The Morgan fingerprint density at radius 2 is 1.38 bits per heavy atom. The van der Waals surface area contributed by atoms with Gasteiger partial charge in [0.1, 0.15) is 20.8 Å². The molecule has 0 saturated heterocycles. The number of nitrogens with zero attached hydrogens (tertiary/aromatic N) is 8. The van der Waals surface area contributed by atoms with Crippen molar-refractivity contribution in [3.63, 3.8) is 0 Å². The molecule has 2 aromatic heterocycles. The number of alkyl halides is 1. The molecule has 2 aromatic rings. The molecule has 0 aliphatic heterocycles. The summed E-state index contributed by atoms with van der Waals surface area (Å²) in [4.78, 5) is 11.5. The van der Waals surface area contributed by atoms with E-state index in [0.717, 1.165) is 11.8 Å². The van der Waals surface area contributed by atoms with Crippen LogP contribution in [0.15, 0.2) is 38.8 Å². The number of hydrogen-bond acceptors (Lipinski definition) is 3. The molecule has 8 nitrogen and oxygen atoms in total. The molecule has 0 fully saturated rings. The topological polar surface area (TPSA) is 133 Å². The van der Waals surface area contributed by atoms with Crippen molar-refractivity contribution in [2.75, 3.05) is 0 Å². The van der Waals surface area contributed by atoms with Crippen LogP contribution < -0.4 is 29.6 Å². The van der Waals surface area contributed by atoms with Gasteiger partial charge in [-0.3, -0.25) is 4.91 Å². The van der Waals surface area contributed by atoms with Gasteiger partial charge in [0, 0.05) is 10.2 Å². The minimum absolute atomic E-state index is 0. The third kappa shape index (κ3) is 11.8. The SMILES string of the molecule is Fc1cnc(Br)c(CBr)c1.[N-]=[N+]=NCc1cc(F)cnc1Br.[N-]=[N+]=[N-].[Na+]. The van der Waals surface area contributed by atoms with Crippen molar-refractivity contribution in [1.82, 2.24) is 9.97 Å². The van der Waals surface area contributed by atoms with Crippen molar-refractivity contribution in [3.8, 4) is 0 Å². The Labute approximate surface area is 194 Å². The predicted molar refractivity (Wildman–Crippen MR) is 99.3 cm³/mol. The molecular formula is C12H8Br3F2N8Na. The molecule has 132 valence electrons. The van der Waals surface area contributed by atoms with Crippen molar-refractivity contribution in [3.05, 3.63) is 82.9 Å². The van der Waals surface area contributed by atoms with Crippen LogP contribution in [0.1, 0.15) is 11.1 Å². The molecule has 0 saturated carbocycles. The summed E-state index contributed by atoms with van der Waals surface area (Å²) < 4.78 is 26.2. The smallest absolute Gasteiger partial charge is 0.373 e. The molecule has 0 aliphatic rings. The number of pyridine rings is 2. The number of halogens is 5. The fourth-order valence-electron chi connectivity index (χ4n) is 1.24. The Balaban J connectivity index is 0. The zero-order valence-corrected chi connectivity index (χ0v) is 19.9. The van der Waals surface area contributed by atoms with Crippen molar-refractivity contribution in [1.29, 1.82) is 0 Å². The van der Waals surface area contributed by atoms with Crippen LogP contribution >= 0.6 is 47.8 Å². The standard InChI is InChI=1S/C6H4Br2FN.C6H4BrFN4.N3.Na/c7-2-4-1-5(9)3-10-6(4)8;7-6-4(2-11-12-9)1-5(8)3-10-6;1-3-2;/h1,3H,2H2;1,3H,2H2;;/q;;-1;+1. The zero-order chi connectivity index (χ0) is 19.2. The molecule has 26 heavy (non-hydrogen) atoms. The van der Waals surface area contributed by atoms with Crippen LogP contribution in [-0.4, -0.2) is 9.97 Å². The average Bonchev–Trinajstić information content (AvgIpc) is 2.59. The minimum Gasteiger partial charge on any atom is -0.373 e. The largest absolute Gasteiger partial charge is 1.00 e. The molecule has 0 atom stereocenters. The number of rotatable bonds is 3. The summed E-state index contributed by atoms with van der Waals surface area (Å²) in [7, 11) is 0. The van der Waals surface area contributed by atoms with E-state index < -0.39 is 5.82 Å². The molecule has 2 heterocycles. The fourth-order valence-corrected chi connectivity index (χ4v) is 2.74. The van der Waals surface area contributed by atoms with E-state index in [9.17, 15) is 8.78 Å². The Morgan fingerprint density at radius 1 is 0.962 bits per heavy atom. The van der Waals surface area contributed by atoms with Gasteiger partial charge in [-0.1, -0.05) is 21.0 Å². The monoisotopic (exact) mass is 562 g/mol. The van der Waals surface area contributed by atoms with Crippen LogP contribution in [0, 0.1) is 11.6 Å². The van der Waals surface area contributed by atoms with Gasteiger partial charge in [0.05, 0.1) is 18.9 Å². The average molecular weight is 565 g/mol. The second-order valence-electron chi connectivity index (χ2n) is 3.82. The first-order chi connectivity index (χ1) is 11.9. The first kappa shape index (κ1) is 27.4. The molecule has 0 N–H and O–H groups in total. The second kappa shape index (κ2) is 16.4. The molecule has 0 radical (unpaired) electrons. The summed E-state index contributed by atoms with van der Waals surface area (Å²) in [5.74, 6) is -0.751. The summed E-state index contributed by atoms with van der Waals surface area (Å²) in [5.41, 5.74) is 22.9. The van der Waals surface area contributed by atoms with Gasteiger partial charge in [0.15, 0.2) is 0 Å². The van der Waals surface area contributed by atoms with Crippen molar-refractivity contribution in [2.45, 2.75) is 11.9 Å². The van der Waals surface area contributed by atoms with E-state index in [1.54, 1.807) is 0 Å². The predicted octanol–water partition coefficient (Wildman–Crippen LogP) is 3.54. The van der Waals surface area contributed by atoms with Gasteiger partial charge in [-0.2, -0.15) is 0 Å². The molecule has 0 spiro atoms. The summed E-state index contributed by atoms with van der Waals surface area (Å²) in [6.07, 6.45) is 2.26. The fraction of sp³-hybridized carbons (Fsp3) is 0.167. The molecular weight excluding hydrogens is 557 g/mol. The number of aromatic nitrogens is 2. The van der Waals surface area contributed by atoms with Gasteiger partial charge >= 0.3 is 29.6 Å². The maximum atomic E-state index is 12.6. The van der Waals surface area contributed by atoms with Crippen molar-refractivity contribution >= 4 is 47.8 Å². The Kier molecular flexibility index (Phi) is 17.3. The first-order valence-corrected chi connectivity index (χ1v) is 8.75. The third-order valence-corrected chi connectivity index (χ3v) is 4.24. The van der Waals surface area contributed by atoms with E-state index in [0.29, 0.717) is 20.1 Å². The van der Waals surface area contributed by atoms with Gasteiger partial charge in [0.25, 0.3) is 0 Å². The normalized spacial score (nSPS) is 8.35. The minimum atomic E-state index is -0.443. The number of hydrogen-bond donors (Lipinski definition) is 0. The molecule has 14 heteroatoms. The number of azide groups is 1. The molecule has 0 bridgehead atoms. The first-order valence-electron chi connectivity index (χ1n) is 6.04. The molecule has 2 rings (SSSR count). The van der Waals surface area contributed by atoms with Crippen LogP contribution in [-0.2, 0) is 11.9 Å². The van der Waals surface area contributed by atoms with E-state index in [2.05, 4.69) is 67.8 Å². The summed E-state index contributed by atoms with van der Waals surface area (Å²) >= 11 is 9.49. The van der Waals surface area contributed by atoms with Gasteiger partial charge in [-0.05, 0) is 60.7 Å². The maximum Gasteiger partial charge on any atom is 1.00 e. The van der Waals surface area contributed by atoms with E-state index in [4.69, 9.17) is 16.6 Å². The van der Waals surface area contributed by atoms with Crippen LogP contribution in [0.2, 0.25) is 0 Å². The van der Waals surface area contributed by atoms with Crippen LogP contribution in [0.25, 0.3) is 26.4 Å². The Hall–Kier alpha value is -0.780. The third-order valence-electron chi connectivity index (χ3n) is 2.20. The molecule has 0 aromatic carbocycles. The van der Waals surface area contributed by atoms with Gasteiger partial charge in [-0.25, -0.2) is 18.7 Å². The second-order valence-corrected chi connectivity index (χ2v) is 5.88. The van der Waals surface area contributed by atoms with Crippen molar-refractivity contribution < 1.29 is 38.3 Å². The summed E-state index contributed by atoms with van der Waals surface area (Å²) in [6, 6.07) is 2.71. The van der Waals surface area contributed by atoms with E-state index in [1.165, 1.54) is 23.2 Å². The van der Waals surface area contributed by atoms with Gasteiger partial charge in [0.2, 0.25) is 0 Å². The van der Waals surface area contributed by atoms with Gasteiger partial charge < -0.3 is 11.1 Å². The molecule has 0 amide bonds. The van der Waals surface area contributed by atoms with Crippen LogP contribution in [0.3, 0.4) is 0 Å². The Morgan fingerprint density at radius 3 is 1.77 bits per heavy atom. The van der Waals surface area contributed by atoms with E-state index in [-0.39, 0.29) is 41.9 Å². The van der Waals surface area contributed by atoms with Crippen LogP contribution in [0.5, 0.6) is 0 Å². The van der Waals surface area contributed by atoms with Gasteiger partial charge in [-0.15, -0.1) is 0 Å². The van der Waals surface area contributed by atoms with Crippen molar-refractivity contribution in [2.24, 2.45) is 5.11 Å². The summed E-state index contributed by atoms with van der Waals surface area (Å²) in [6.45, 7) is 0.0991. The van der Waals surface area contributed by atoms with E-state index in [1.807, 2.05) is 0 Å².